The van der Waals surface area contributed by atoms with Crippen molar-refractivity contribution in [3.05, 3.63) is 29.8 Å². The molecule has 1 aromatic heterocycles. The Hall–Kier alpha value is -1.65. The van der Waals surface area contributed by atoms with Gasteiger partial charge in [0, 0.05) is 18.2 Å². The molecule has 2 rings (SSSR count). The Kier molecular flexibility index (Phi) is 7.63. The first-order valence-electron chi connectivity index (χ1n) is 8.50. The monoisotopic (exact) mass is 428 g/mol. The lowest BCUT2D eigenvalue weighted by molar-refractivity contribution is -0.116. The van der Waals surface area contributed by atoms with Gasteiger partial charge in [-0.3, -0.25) is 9.10 Å². The first-order chi connectivity index (χ1) is 12.7. The third-order valence-electron chi connectivity index (χ3n) is 3.54. The molecule has 10 heteroatoms. The van der Waals surface area contributed by atoms with Gasteiger partial charge in [-0.15, -0.1) is 10.2 Å². The maximum atomic E-state index is 12.1. The van der Waals surface area contributed by atoms with E-state index < -0.39 is 10.0 Å². The molecule has 0 aliphatic carbocycles. The predicted molar refractivity (Wildman–Crippen MR) is 112 cm³/mol. The van der Waals surface area contributed by atoms with E-state index in [1.165, 1.54) is 21.9 Å². The van der Waals surface area contributed by atoms with Crippen LogP contribution in [0.2, 0.25) is 0 Å². The minimum Gasteiger partial charge on any atom is -0.301 e. The van der Waals surface area contributed by atoms with Gasteiger partial charge in [0.1, 0.15) is 0 Å². The summed E-state index contributed by atoms with van der Waals surface area (Å²) in [5, 5.41) is 11.6. The van der Waals surface area contributed by atoms with Crippen molar-refractivity contribution in [1.29, 1.82) is 0 Å². The fraction of sp³-hybridized carbons (Fsp3) is 0.471. The molecule has 0 fully saturated rings. The topological polar surface area (TPSA) is 92.3 Å². The predicted octanol–water partition coefficient (Wildman–Crippen LogP) is 3.53. The van der Waals surface area contributed by atoms with Gasteiger partial charge in [-0.1, -0.05) is 55.1 Å². The van der Waals surface area contributed by atoms with Gasteiger partial charge in [-0.25, -0.2) is 8.42 Å². The number of nitrogens with one attached hydrogen (secondary N) is 1. The van der Waals surface area contributed by atoms with Crippen LogP contribution in [-0.2, 0) is 14.8 Å². The molecular formula is C17H24N4O3S3. The average molecular weight is 429 g/mol. The van der Waals surface area contributed by atoms with E-state index in [-0.39, 0.29) is 18.9 Å². The van der Waals surface area contributed by atoms with Gasteiger partial charge in [0.2, 0.25) is 21.1 Å². The number of carbonyl (C=O) groups excluding carboxylic acids is 1. The lowest BCUT2D eigenvalue weighted by atomic mass is 10.2. The number of hydrogen-bond donors (Lipinski definition) is 1. The number of amides is 1. The molecule has 0 atom stereocenters. The van der Waals surface area contributed by atoms with E-state index in [2.05, 4.69) is 29.4 Å². The van der Waals surface area contributed by atoms with E-state index in [0.717, 1.165) is 9.90 Å². The van der Waals surface area contributed by atoms with Crippen LogP contribution in [0.3, 0.4) is 0 Å². The number of nitrogens with zero attached hydrogens (tertiary/aromatic N) is 3. The van der Waals surface area contributed by atoms with Crippen molar-refractivity contribution in [1.82, 2.24) is 10.2 Å². The normalized spacial score (nSPS) is 11.6. The molecule has 0 bridgehead atoms. The van der Waals surface area contributed by atoms with Crippen molar-refractivity contribution in [2.24, 2.45) is 0 Å². The number of aromatic nitrogens is 2. The minimum atomic E-state index is -3.43. The molecule has 1 N–H and O–H groups in total. The van der Waals surface area contributed by atoms with Crippen molar-refractivity contribution >= 4 is 49.8 Å². The summed E-state index contributed by atoms with van der Waals surface area (Å²) in [6.45, 7) is 6.22. The van der Waals surface area contributed by atoms with Gasteiger partial charge >= 0.3 is 0 Å². The molecule has 7 nitrogen and oxygen atoms in total. The summed E-state index contributed by atoms with van der Waals surface area (Å²) in [5.41, 5.74) is 1.51. The number of rotatable bonds is 9. The van der Waals surface area contributed by atoms with E-state index >= 15 is 0 Å². The Labute approximate surface area is 168 Å². The smallest absolute Gasteiger partial charge is 0.232 e. The molecule has 0 aliphatic heterocycles. The van der Waals surface area contributed by atoms with Crippen LogP contribution in [0.25, 0.3) is 0 Å². The molecule has 27 heavy (non-hydrogen) atoms. The van der Waals surface area contributed by atoms with Gasteiger partial charge in [-0.05, 0) is 25.0 Å². The summed E-state index contributed by atoms with van der Waals surface area (Å²) < 4.78 is 26.4. The second kappa shape index (κ2) is 9.52. The number of benzene rings is 1. The van der Waals surface area contributed by atoms with Crippen LogP contribution in [0.15, 0.2) is 28.6 Å². The van der Waals surface area contributed by atoms with Crippen molar-refractivity contribution in [2.45, 2.75) is 43.2 Å². The van der Waals surface area contributed by atoms with Gasteiger partial charge in [0.25, 0.3) is 0 Å². The highest BCUT2D eigenvalue weighted by Crippen LogP contribution is 2.28. The molecule has 0 unspecified atom stereocenters. The highest BCUT2D eigenvalue weighted by molar-refractivity contribution is 8.01. The quantitative estimate of drug-likeness (QED) is 0.485. The molecule has 1 aromatic carbocycles. The van der Waals surface area contributed by atoms with Crippen LogP contribution in [0, 0.1) is 6.92 Å². The van der Waals surface area contributed by atoms with Crippen LogP contribution in [-0.4, -0.2) is 42.6 Å². The summed E-state index contributed by atoms with van der Waals surface area (Å²) in [5.74, 6) is -0.203. The Morgan fingerprint density at radius 2 is 2.00 bits per heavy atom. The first kappa shape index (κ1) is 21.6. The van der Waals surface area contributed by atoms with Gasteiger partial charge in [0.05, 0.1) is 11.9 Å². The van der Waals surface area contributed by atoms with Crippen LogP contribution in [0.1, 0.15) is 32.3 Å². The van der Waals surface area contributed by atoms with Crippen LogP contribution < -0.4 is 9.62 Å². The number of sulfonamides is 1. The summed E-state index contributed by atoms with van der Waals surface area (Å²) >= 11 is 2.92. The molecule has 0 aliphatic rings. The third-order valence-corrected chi connectivity index (χ3v) is 6.65. The third kappa shape index (κ3) is 6.78. The number of carbonyl (C=O) groups is 1. The molecule has 148 valence electrons. The Morgan fingerprint density at radius 3 is 2.63 bits per heavy atom. The fourth-order valence-corrected chi connectivity index (χ4v) is 5.40. The SMILES string of the molecule is Cc1ccccc1N(CCCC(=O)Nc1nnc(SC(C)C)s1)S(C)(=O)=O. The molecule has 1 amide bonds. The van der Waals surface area contributed by atoms with E-state index in [1.807, 2.05) is 19.1 Å². The largest absolute Gasteiger partial charge is 0.301 e. The molecule has 0 saturated carbocycles. The van der Waals surface area contributed by atoms with Crippen molar-refractivity contribution in [2.75, 3.05) is 22.4 Å². The molecule has 1 heterocycles. The standard InChI is InChI=1S/C17H24N4O3S3/c1-12(2)25-17-20-19-16(26-17)18-15(22)10-7-11-21(27(4,23)24)14-9-6-5-8-13(14)3/h5-6,8-9,12H,7,10-11H2,1-4H3,(H,18,19,22). The maximum Gasteiger partial charge on any atom is 0.232 e. The molecule has 2 aromatic rings. The summed E-state index contributed by atoms with van der Waals surface area (Å²) in [4.78, 5) is 12.1. The Balaban J connectivity index is 1.92. The number of hydrogen-bond acceptors (Lipinski definition) is 7. The van der Waals surface area contributed by atoms with Crippen LogP contribution in [0.5, 0.6) is 0 Å². The average Bonchev–Trinajstić information content (AvgIpc) is 2.97. The van der Waals surface area contributed by atoms with Gasteiger partial charge < -0.3 is 5.32 Å². The summed E-state index contributed by atoms with van der Waals surface area (Å²) in [6, 6.07) is 7.30. The van der Waals surface area contributed by atoms with E-state index in [9.17, 15) is 13.2 Å². The molecular weight excluding hydrogens is 404 g/mol. The number of thioether (sulfide) groups is 1. The second-order valence-corrected chi connectivity index (χ2v) is 11.0. The number of para-hydroxylation sites is 1. The zero-order chi connectivity index (χ0) is 20.0. The highest BCUT2D eigenvalue weighted by atomic mass is 32.2. The molecule has 0 spiro atoms. The molecule has 0 radical (unpaired) electrons. The van der Waals surface area contributed by atoms with Crippen molar-refractivity contribution in [3.8, 4) is 0 Å². The van der Waals surface area contributed by atoms with E-state index in [4.69, 9.17) is 0 Å². The van der Waals surface area contributed by atoms with Crippen LogP contribution in [0.4, 0.5) is 10.8 Å². The van der Waals surface area contributed by atoms with E-state index in [1.54, 1.807) is 23.9 Å². The fourth-order valence-electron chi connectivity index (χ4n) is 2.38. The minimum absolute atomic E-state index is 0.199. The lowest BCUT2D eigenvalue weighted by Gasteiger charge is -2.24. The summed E-state index contributed by atoms with van der Waals surface area (Å²) in [6.07, 6.45) is 1.78. The Morgan fingerprint density at radius 1 is 1.30 bits per heavy atom. The summed E-state index contributed by atoms with van der Waals surface area (Å²) in [7, 11) is -3.43. The zero-order valence-electron chi connectivity index (χ0n) is 15.8. The van der Waals surface area contributed by atoms with Gasteiger partial charge in [0.15, 0.2) is 4.34 Å². The number of aryl methyl sites for hydroxylation is 1. The van der Waals surface area contributed by atoms with Gasteiger partial charge in [-0.2, -0.15) is 0 Å². The zero-order valence-corrected chi connectivity index (χ0v) is 18.2. The van der Waals surface area contributed by atoms with Crippen molar-refractivity contribution in [3.63, 3.8) is 0 Å². The highest BCUT2D eigenvalue weighted by Gasteiger charge is 2.19. The number of anilines is 2. The van der Waals surface area contributed by atoms with Crippen LogP contribution >= 0.6 is 23.1 Å². The second-order valence-electron chi connectivity index (χ2n) is 6.31. The van der Waals surface area contributed by atoms with Crippen molar-refractivity contribution < 1.29 is 13.2 Å². The van der Waals surface area contributed by atoms with E-state index in [0.29, 0.717) is 22.5 Å². The lowest BCUT2D eigenvalue weighted by Crippen LogP contribution is -2.32. The Bertz CT molecular complexity index is 881. The maximum absolute atomic E-state index is 12.1. The molecule has 0 saturated heterocycles. The first-order valence-corrected chi connectivity index (χ1v) is 12.0.